The molecule has 0 spiro atoms. The lowest BCUT2D eigenvalue weighted by atomic mass is 10.1. The summed E-state index contributed by atoms with van der Waals surface area (Å²) in [7, 11) is 0. The maximum atomic E-state index is 10.4. The zero-order valence-electron chi connectivity index (χ0n) is 17.1. The van der Waals surface area contributed by atoms with Gasteiger partial charge in [0.1, 0.15) is 17.3 Å². The lowest BCUT2D eigenvalue weighted by Gasteiger charge is -2.11. The molecule has 0 bridgehead atoms. The molecular formula is C24H23N3O3. The number of benzene rings is 2. The van der Waals surface area contributed by atoms with Crippen molar-refractivity contribution in [1.82, 2.24) is 15.0 Å². The highest BCUT2D eigenvalue weighted by Gasteiger charge is 2.18. The van der Waals surface area contributed by atoms with Crippen molar-refractivity contribution in [3.63, 3.8) is 0 Å². The maximum Gasteiger partial charge on any atom is 0.167 e. The van der Waals surface area contributed by atoms with E-state index in [1.807, 2.05) is 26.0 Å². The van der Waals surface area contributed by atoms with E-state index < -0.39 is 0 Å². The third-order valence-corrected chi connectivity index (χ3v) is 4.47. The van der Waals surface area contributed by atoms with E-state index in [0.29, 0.717) is 16.7 Å². The summed E-state index contributed by atoms with van der Waals surface area (Å²) in [4.78, 5) is 13.4. The monoisotopic (exact) mass is 401 g/mol. The molecular weight excluding hydrogens is 378 g/mol. The van der Waals surface area contributed by atoms with Crippen LogP contribution in [0.3, 0.4) is 0 Å². The number of aliphatic hydroxyl groups is 1. The van der Waals surface area contributed by atoms with Gasteiger partial charge in [0, 0.05) is 0 Å². The average Bonchev–Trinajstić information content (AvgIpc) is 2.68. The smallest absolute Gasteiger partial charge is 0.167 e. The van der Waals surface area contributed by atoms with Crippen LogP contribution in [0.2, 0.25) is 0 Å². The highest BCUT2D eigenvalue weighted by molar-refractivity contribution is 5.76. The van der Waals surface area contributed by atoms with E-state index in [1.54, 1.807) is 37.3 Å². The van der Waals surface area contributed by atoms with Gasteiger partial charge >= 0.3 is 0 Å². The van der Waals surface area contributed by atoms with Crippen LogP contribution in [0.5, 0.6) is 11.5 Å². The zero-order valence-corrected chi connectivity index (χ0v) is 17.1. The third-order valence-electron chi connectivity index (χ3n) is 4.47. The van der Waals surface area contributed by atoms with Crippen molar-refractivity contribution in [2.24, 2.45) is 0 Å². The van der Waals surface area contributed by atoms with E-state index in [0.717, 1.165) is 11.1 Å². The van der Waals surface area contributed by atoms with Gasteiger partial charge in [-0.25, -0.2) is 15.0 Å². The highest BCUT2D eigenvalue weighted by atomic mass is 16.3. The molecule has 0 unspecified atom stereocenters. The van der Waals surface area contributed by atoms with Gasteiger partial charge in [0.2, 0.25) is 0 Å². The maximum absolute atomic E-state index is 10.4. The first kappa shape index (κ1) is 20.8. The lowest BCUT2D eigenvalue weighted by molar-refractivity contribution is 0.435. The molecule has 3 aromatic rings. The normalized spacial score (nSPS) is 12.1. The Bertz CT molecular complexity index is 1110. The number of rotatable bonds is 5. The Morgan fingerprint density at radius 1 is 0.867 bits per heavy atom. The van der Waals surface area contributed by atoms with Gasteiger partial charge in [-0.3, -0.25) is 0 Å². The molecule has 0 atom stereocenters. The van der Waals surface area contributed by atoms with Crippen LogP contribution in [-0.4, -0.2) is 30.3 Å². The Balaban J connectivity index is 2.32. The molecule has 6 heteroatoms. The van der Waals surface area contributed by atoms with E-state index in [4.69, 9.17) is 0 Å². The molecule has 3 N–H and O–H groups in total. The number of hydrogen-bond acceptors (Lipinski definition) is 6. The minimum atomic E-state index is -0.0585. The summed E-state index contributed by atoms with van der Waals surface area (Å²) in [5.41, 5.74) is 2.90. The van der Waals surface area contributed by atoms with Crippen molar-refractivity contribution in [3.05, 3.63) is 83.9 Å². The number of hydrogen-bond donors (Lipinski definition) is 3. The Morgan fingerprint density at radius 3 is 1.77 bits per heavy atom. The molecule has 3 rings (SSSR count). The predicted molar refractivity (Wildman–Crippen MR) is 118 cm³/mol. The molecule has 0 aliphatic heterocycles. The number of aryl methyl sites for hydroxylation is 2. The molecule has 0 aliphatic carbocycles. The fourth-order valence-electron chi connectivity index (χ4n) is 2.96. The standard InChI is InChI=1S/C24H23N3O3/c1-5-7-19(28)16(6-2)22-25-23(17-10-8-14(3)12-20(17)29)27-24(26-22)18-11-9-15(4)13-21(18)30/h5-13,28-30H,2H2,1,3-4H3/b7-5+,19-16-. The van der Waals surface area contributed by atoms with Gasteiger partial charge in [-0.05, 0) is 62.2 Å². The van der Waals surface area contributed by atoms with Crippen LogP contribution in [0, 0.1) is 13.8 Å². The largest absolute Gasteiger partial charge is 0.507 e. The molecule has 152 valence electrons. The number of aromatic hydroxyl groups is 2. The second-order valence-electron chi connectivity index (χ2n) is 6.85. The van der Waals surface area contributed by atoms with Crippen molar-refractivity contribution < 1.29 is 15.3 Å². The van der Waals surface area contributed by atoms with E-state index in [-0.39, 0.29) is 34.7 Å². The fraction of sp³-hybridized carbons (Fsp3) is 0.125. The van der Waals surface area contributed by atoms with Crippen LogP contribution >= 0.6 is 0 Å². The predicted octanol–water partition coefficient (Wildman–Crippen LogP) is 5.26. The average molecular weight is 401 g/mol. The highest BCUT2D eigenvalue weighted by Crippen LogP contribution is 2.33. The second-order valence-corrected chi connectivity index (χ2v) is 6.85. The van der Waals surface area contributed by atoms with Crippen molar-refractivity contribution in [3.8, 4) is 34.3 Å². The summed E-state index contributed by atoms with van der Waals surface area (Å²) >= 11 is 0. The van der Waals surface area contributed by atoms with Gasteiger partial charge in [-0.1, -0.05) is 30.9 Å². The molecule has 0 fully saturated rings. The number of aromatic nitrogens is 3. The van der Waals surface area contributed by atoms with Gasteiger partial charge in [0.15, 0.2) is 17.5 Å². The number of phenols is 2. The Kier molecular flexibility index (Phi) is 5.97. The molecule has 0 saturated carbocycles. The number of nitrogens with zero attached hydrogens (tertiary/aromatic N) is 3. The van der Waals surface area contributed by atoms with Gasteiger partial charge in [-0.2, -0.15) is 0 Å². The van der Waals surface area contributed by atoms with Crippen LogP contribution in [0.4, 0.5) is 0 Å². The topological polar surface area (TPSA) is 99.4 Å². The van der Waals surface area contributed by atoms with Gasteiger partial charge in [-0.15, -0.1) is 0 Å². The first-order chi connectivity index (χ1) is 14.3. The lowest BCUT2D eigenvalue weighted by Crippen LogP contribution is -2.04. The third kappa shape index (κ3) is 4.22. The molecule has 2 aromatic carbocycles. The van der Waals surface area contributed by atoms with E-state index >= 15 is 0 Å². The fourth-order valence-corrected chi connectivity index (χ4v) is 2.96. The van der Waals surface area contributed by atoms with Crippen molar-refractivity contribution in [2.45, 2.75) is 20.8 Å². The second kappa shape index (κ2) is 8.61. The van der Waals surface area contributed by atoms with Crippen LogP contribution in [0.15, 0.2) is 67.0 Å². The molecule has 0 amide bonds. The minimum Gasteiger partial charge on any atom is -0.507 e. The number of allylic oxidation sites excluding steroid dienone is 4. The summed E-state index contributed by atoms with van der Waals surface area (Å²) in [6, 6.07) is 10.3. The number of aliphatic hydroxyl groups excluding tert-OH is 1. The van der Waals surface area contributed by atoms with Crippen LogP contribution in [0.25, 0.3) is 28.3 Å². The van der Waals surface area contributed by atoms with Crippen molar-refractivity contribution in [2.75, 3.05) is 0 Å². The Labute approximate surface area is 175 Å². The Hall–Kier alpha value is -3.93. The SMILES string of the molecule is C=C/C(=C(O)\C=C\C)c1nc(-c2ccc(C)cc2O)nc(-c2ccc(C)cc2O)n1. The summed E-state index contributed by atoms with van der Waals surface area (Å²) in [6.45, 7) is 9.26. The Morgan fingerprint density at radius 2 is 1.37 bits per heavy atom. The summed E-state index contributed by atoms with van der Waals surface area (Å²) in [6.07, 6.45) is 4.63. The van der Waals surface area contributed by atoms with Crippen LogP contribution < -0.4 is 0 Å². The first-order valence-electron chi connectivity index (χ1n) is 9.38. The van der Waals surface area contributed by atoms with Gasteiger partial charge in [0.05, 0.1) is 16.7 Å². The molecule has 1 heterocycles. The molecule has 0 radical (unpaired) electrons. The zero-order chi connectivity index (χ0) is 21.8. The summed E-state index contributed by atoms with van der Waals surface area (Å²) in [5, 5.41) is 31.3. The number of phenolic OH excluding ortho intramolecular Hbond substituents is 2. The van der Waals surface area contributed by atoms with Crippen LogP contribution in [-0.2, 0) is 0 Å². The van der Waals surface area contributed by atoms with Gasteiger partial charge in [0.25, 0.3) is 0 Å². The van der Waals surface area contributed by atoms with E-state index in [2.05, 4.69) is 21.5 Å². The van der Waals surface area contributed by atoms with Crippen molar-refractivity contribution >= 4 is 5.57 Å². The molecule has 0 saturated heterocycles. The quantitative estimate of drug-likeness (QED) is 0.398. The minimum absolute atomic E-state index is 0.0213. The van der Waals surface area contributed by atoms with E-state index in [9.17, 15) is 15.3 Å². The van der Waals surface area contributed by atoms with Gasteiger partial charge < -0.3 is 15.3 Å². The molecule has 6 nitrogen and oxygen atoms in total. The summed E-state index contributed by atoms with van der Waals surface area (Å²) < 4.78 is 0. The van der Waals surface area contributed by atoms with E-state index in [1.165, 1.54) is 12.2 Å². The van der Waals surface area contributed by atoms with Crippen LogP contribution in [0.1, 0.15) is 23.9 Å². The molecule has 1 aromatic heterocycles. The molecule has 30 heavy (non-hydrogen) atoms. The first-order valence-corrected chi connectivity index (χ1v) is 9.38. The van der Waals surface area contributed by atoms with Crippen molar-refractivity contribution in [1.29, 1.82) is 0 Å². The summed E-state index contributed by atoms with van der Waals surface area (Å²) in [5.74, 6) is 0.568. The molecule has 0 aliphatic rings.